The Morgan fingerprint density at radius 1 is 1.03 bits per heavy atom. The molecule has 5 rings (SSSR count). The SMILES string of the molecule is CCC(C)c1ccc(OCCCn2c(C3CC(=O)N(c4ccc(C)cc4)C3)nc3ccccc32)cc1. The summed E-state index contributed by atoms with van der Waals surface area (Å²) in [5.74, 6) is 2.70. The summed E-state index contributed by atoms with van der Waals surface area (Å²) < 4.78 is 8.35. The van der Waals surface area contributed by atoms with Gasteiger partial charge in [0.2, 0.25) is 5.91 Å². The van der Waals surface area contributed by atoms with Crippen molar-refractivity contribution in [2.24, 2.45) is 0 Å². The van der Waals surface area contributed by atoms with Crippen molar-refractivity contribution in [3.63, 3.8) is 0 Å². The van der Waals surface area contributed by atoms with Gasteiger partial charge in [0.1, 0.15) is 11.6 Å². The van der Waals surface area contributed by atoms with Crippen LogP contribution in [0.4, 0.5) is 5.69 Å². The molecule has 0 aliphatic carbocycles. The van der Waals surface area contributed by atoms with Crippen LogP contribution in [0.1, 0.15) is 61.9 Å². The van der Waals surface area contributed by atoms with Crippen LogP contribution >= 0.6 is 0 Å². The lowest BCUT2D eigenvalue weighted by Gasteiger charge is -2.18. The van der Waals surface area contributed by atoms with Gasteiger partial charge < -0.3 is 14.2 Å². The Morgan fingerprint density at radius 2 is 1.78 bits per heavy atom. The molecule has 0 spiro atoms. The van der Waals surface area contributed by atoms with E-state index in [-0.39, 0.29) is 11.8 Å². The van der Waals surface area contributed by atoms with Crippen molar-refractivity contribution in [3.8, 4) is 5.75 Å². The number of aromatic nitrogens is 2. The number of anilines is 1. The highest BCUT2D eigenvalue weighted by Crippen LogP contribution is 2.33. The number of imidazole rings is 1. The zero-order valence-electron chi connectivity index (χ0n) is 21.5. The molecule has 1 fully saturated rings. The van der Waals surface area contributed by atoms with Gasteiger partial charge in [-0.3, -0.25) is 4.79 Å². The first-order valence-electron chi connectivity index (χ1n) is 13.1. The van der Waals surface area contributed by atoms with Crippen molar-refractivity contribution in [2.45, 2.75) is 58.4 Å². The first-order valence-corrected chi connectivity index (χ1v) is 13.1. The number of carbonyl (C=O) groups excluding carboxylic acids is 1. The van der Waals surface area contributed by atoms with Gasteiger partial charge >= 0.3 is 0 Å². The third-order valence-electron chi connectivity index (χ3n) is 7.38. The number of aryl methyl sites for hydroxylation is 2. The average Bonchev–Trinajstić information content (AvgIpc) is 3.47. The number of ether oxygens (including phenoxy) is 1. The molecule has 3 aromatic carbocycles. The molecule has 4 aromatic rings. The fraction of sp³-hybridized carbons (Fsp3) is 0.355. The number of para-hydroxylation sites is 2. The summed E-state index contributed by atoms with van der Waals surface area (Å²) in [5.41, 5.74) is 5.60. The molecule has 5 nitrogen and oxygen atoms in total. The van der Waals surface area contributed by atoms with E-state index in [0.717, 1.165) is 47.7 Å². The Hall–Kier alpha value is -3.60. The van der Waals surface area contributed by atoms with E-state index in [2.05, 4.69) is 79.9 Å². The quantitative estimate of drug-likeness (QED) is 0.246. The first kappa shape index (κ1) is 24.1. The molecule has 2 atom stereocenters. The van der Waals surface area contributed by atoms with Crippen LogP contribution in [0.25, 0.3) is 11.0 Å². The van der Waals surface area contributed by atoms with Crippen LogP contribution in [0.2, 0.25) is 0 Å². The lowest BCUT2D eigenvalue weighted by atomic mass is 9.99. The Morgan fingerprint density at radius 3 is 2.53 bits per heavy atom. The van der Waals surface area contributed by atoms with E-state index in [0.29, 0.717) is 25.5 Å². The van der Waals surface area contributed by atoms with Crippen LogP contribution < -0.4 is 9.64 Å². The predicted molar refractivity (Wildman–Crippen MR) is 146 cm³/mol. The van der Waals surface area contributed by atoms with Gasteiger partial charge in [0, 0.05) is 31.1 Å². The number of rotatable bonds is 9. The largest absolute Gasteiger partial charge is 0.494 e. The van der Waals surface area contributed by atoms with E-state index in [4.69, 9.17) is 9.72 Å². The summed E-state index contributed by atoms with van der Waals surface area (Å²) in [4.78, 5) is 19.8. The molecule has 1 saturated heterocycles. The molecule has 0 saturated carbocycles. The normalized spacial score (nSPS) is 16.6. The number of benzene rings is 3. The second kappa shape index (κ2) is 10.6. The number of fused-ring (bicyclic) bond motifs is 1. The molecule has 1 aromatic heterocycles. The molecular weight excluding hydrogens is 446 g/mol. The van der Waals surface area contributed by atoms with E-state index in [1.807, 2.05) is 23.1 Å². The molecule has 2 unspecified atom stereocenters. The molecule has 5 heteroatoms. The first-order chi connectivity index (χ1) is 17.5. The summed E-state index contributed by atoms with van der Waals surface area (Å²) in [5, 5.41) is 0. The molecule has 0 radical (unpaired) electrons. The number of hydrogen-bond donors (Lipinski definition) is 0. The van der Waals surface area contributed by atoms with Crippen molar-refractivity contribution < 1.29 is 9.53 Å². The van der Waals surface area contributed by atoms with Crippen molar-refractivity contribution in [3.05, 3.63) is 89.7 Å². The monoisotopic (exact) mass is 481 g/mol. The van der Waals surface area contributed by atoms with Crippen molar-refractivity contribution in [1.29, 1.82) is 0 Å². The Labute approximate surface area is 213 Å². The number of carbonyl (C=O) groups is 1. The summed E-state index contributed by atoms with van der Waals surface area (Å²) in [7, 11) is 0. The average molecular weight is 482 g/mol. The van der Waals surface area contributed by atoms with E-state index in [1.54, 1.807) is 0 Å². The van der Waals surface area contributed by atoms with Gasteiger partial charge in [0.15, 0.2) is 0 Å². The molecule has 36 heavy (non-hydrogen) atoms. The Bertz CT molecular complexity index is 1320. The van der Waals surface area contributed by atoms with Gasteiger partial charge in [-0.15, -0.1) is 0 Å². The van der Waals surface area contributed by atoms with Gasteiger partial charge in [0.05, 0.1) is 17.6 Å². The Kier molecular flexibility index (Phi) is 7.08. The highest BCUT2D eigenvalue weighted by Gasteiger charge is 2.34. The van der Waals surface area contributed by atoms with E-state index in [9.17, 15) is 4.79 Å². The molecule has 1 aliphatic rings. The predicted octanol–water partition coefficient (Wildman–Crippen LogP) is 6.85. The van der Waals surface area contributed by atoms with Crippen LogP contribution in [0.5, 0.6) is 5.75 Å². The van der Waals surface area contributed by atoms with Gasteiger partial charge in [-0.25, -0.2) is 4.98 Å². The second-order valence-electron chi connectivity index (χ2n) is 9.93. The van der Waals surface area contributed by atoms with Crippen LogP contribution in [0, 0.1) is 6.92 Å². The van der Waals surface area contributed by atoms with E-state index < -0.39 is 0 Å². The number of amides is 1. The summed E-state index contributed by atoms with van der Waals surface area (Å²) in [6.45, 7) is 8.62. The van der Waals surface area contributed by atoms with Gasteiger partial charge in [-0.2, -0.15) is 0 Å². The molecule has 0 N–H and O–H groups in total. The topological polar surface area (TPSA) is 47.4 Å². The van der Waals surface area contributed by atoms with Crippen molar-refractivity contribution in [1.82, 2.24) is 9.55 Å². The maximum atomic E-state index is 12.9. The highest BCUT2D eigenvalue weighted by molar-refractivity contribution is 5.96. The molecule has 1 amide bonds. The summed E-state index contributed by atoms with van der Waals surface area (Å²) in [6.07, 6.45) is 2.48. The molecule has 2 heterocycles. The lowest BCUT2D eigenvalue weighted by Crippen LogP contribution is -2.24. The fourth-order valence-corrected chi connectivity index (χ4v) is 5.04. The third kappa shape index (κ3) is 5.01. The van der Waals surface area contributed by atoms with Gasteiger partial charge in [0.25, 0.3) is 0 Å². The molecule has 0 bridgehead atoms. The number of nitrogens with zero attached hydrogens (tertiary/aromatic N) is 3. The minimum absolute atomic E-state index is 0.0696. The fourth-order valence-electron chi connectivity index (χ4n) is 5.04. The van der Waals surface area contributed by atoms with Crippen LogP contribution in [0.15, 0.2) is 72.8 Å². The lowest BCUT2D eigenvalue weighted by molar-refractivity contribution is -0.117. The highest BCUT2D eigenvalue weighted by atomic mass is 16.5. The minimum atomic E-state index is 0.0696. The van der Waals surface area contributed by atoms with Crippen molar-refractivity contribution in [2.75, 3.05) is 18.1 Å². The standard InChI is InChI=1S/C31H35N3O2/c1-4-23(3)24-12-16-27(17-13-24)36-19-7-18-33-29-9-6-5-8-28(29)32-31(33)25-20-30(35)34(21-25)26-14-10-22(2)11-15-26/h5-6,8-17,23,25H,4,7,18-21H2,1-3H3. The molecule has 1 aliphatic heterocycles. The number of hydrogen-bond acceptors (Lipinski definition) is 3. The summed E-state index contributed by atoms with van der Waals surface area (Å²) in [6, 6.07) is 24.9. The molecular formula is C31H35N3O2. The van der Waals surface area contributed by atoms with Crippen molar-refractivity contribution >= 4 is 22.6 Å². The molecule has 186 valence electrons. The van der Waals surface area contributed by atoms with E-state index in [1.165, 1.54) is 11.1 Å². The maximum absolute atomic E-state index is 12.9. The van der Waals surface area contributed by atoms with Crippen LogP contribution in [-0.4, -0.2) is 28.6 Å². The smallest absolute Gasteiger partial charge is 0.227 e. The van der Waals surface area contributed by atoms with Crippen LogP contribution in [0.3, 0.4) is 0 Å². The minimum Gasteiger partial charge on any atom is -0.494 e. The zero-order valence-corrected chi connectivity index (χ0v) is 21.5. The van der Waals surface area contributed by atoms with Gasteiger partial charge in [-0.1, -0.05) is 55.8 Å². The van der Waals surface area contributed by atoms with Crippen LogP contribution in [-0.2, 0) is 11.3 Å². The van der Waals surface area contributed by atoms with E-state index >= 15 is 0 Å². The Balaban J connectivity index is 1.28. The zero-order chi connectivity index (χ0) is 25.1. The second-order valence-corrected chi connectivity index (χ2v) is 9.93. The summed E-state index contributed by atoms with van der Waals surface area (Å²) >= 11 is 0. The van der Waals surface area contributed by atoms with Gasteiger partial charge in [-0.05, 0) is 67.6 Å². The third-order valence-corrected chi connectivity index (χ3v) is 7.38. The maximum Gasteiger partial charge on any atom is 0.227 e.